The van der Waals surface area contributed by atoms with E-state index in [4.69, 9.17) is 0 Å². The summed E-state index contributed by atoms with van der Waals surface area (Å²) in [6.45, 7) is -2.64. The fraction of sp³-hybridized carbons (Fsp3) is 0.188. The van der Waals surface area contributed by atoms with Crippen LogP contribution in [0.15, 0.2) is 42.5 Å². The highest BCUT2D eigenvalue weighted by Gasteiger charge is 2.17. The zero-order valence-corrected chi connectivity index (χ0v) is 13.1. The van der Waals surface area contributed by atoms with Crippen LogP contribution < -0.4 is 10.1 Å². The van der Waals surface area contributed by atoms with Crippen LogP contribution in [0.5, 0.6) is 5.75 Å². The number of hydrogen-bond donors (Lipinski definition) is 1. The quantitative estimate of drug-likeness (QED) is 0.465. The van der Waals surface area contributed by atoms with Gasteiger partial charge in [0.25, 0.3) is 5.69 Å². The Hall–Kier alpha value is -3.23. The summed E-state index contributed by atoms with van der Waals surface area (Å²) in [6, 6.07) is 9.71. The molecule has 0 amide bonds. The number of benzene rings is 2. The first-order valence-corrected chi connectivity index (χ1v) is 7.05. The largest absolute Gasteiger partial charge is 0.465 e. The summed E-state index contributed by atoms with van der Waals surface area (Å²) in [7, 11) is 1.17. The SMILES string of the molecule is COC(=O)c1cc([N+](=O)[O-])ccc1NCc1ccc(OC(F)F)cc1. The number of nitro benzene ring substituents is 1. The summed E-state index contributed by atoms with van der Waals surface area (Å²) in [4.78, 5) is 22.0. The van der Waals surface area contributed by atoms with E-state index in [9.17, 15) is 23.7 Å². The predicted molar refractivity (Wildman–Crippen MR) is 84.8 cm³/mol. The Labute approximate surface area is 141 Å². The van der Waals surface area contributed by atoms with E-state index >= 15 is 0 Å². The number of rotatable bonds is 7. The molecule has 0 spiro atoms. The molecular weight excluding hydrogens is 338 g/mol. The number of ether oxygens (including phenoxy) is 2. The van der Waals surface area contributed by atoms with E-state index in [0.29, 0.717) is 5.69 Å². The summed E-state index contributed by atoms with van der Waals surface area (Å²) in [5, 5.41) is 13.8. The second-order valence-electron chi connectivity index (χ2n) is 4.85. The smallest absolute Gasteiger partial charge is 0.387 e. The lowest BCUT2D eigenvalue weighted by Gasteiger charge is -2.11. The van der Waals surface area contributed by atoms with Gasteiger partial charge < -0.3 is 14.8 Å². The number of nitrogens with one attached hydrogen (secondary N) is 1. The number of hydrogen-bond acceptors (Lipinski definition) is 6. The highest BCUT2D eigenvalue weighted by molar-refractivity contribution is 5.96. The molecule has 2 rings (SSSR count). The van der Waals surface area contributed by atoms with Gasteiger partial charge in [-0.1, -0.05) is 12.1 Å². The van der Waals surface area contributed by atoms with Crippen molar-refractivity contribution in [2.24, 2.45) is 0 Å². The molecule has 7 nitrogen and oxygen atoms in total. The molecule has 25 heavy (non-hydrogen) atoms. The lowest BCUT2D eigenvalue weighted by atomic mass is 10.1. The molecule has 0 saturated carbocycles. The Kier molecular flexibility index (Phi) is 5.83. The van der Waals surface area contributed by atoms with Crippen molar-refractivity contribution in [1.82, 2.24) is 0 Å². The van der Waals surface area contributed by atoms with Gasteiger partial charge in [-0.2, -0.15) is 8.78 Å². The van der Waals surface area contributed by atoms with Crippen molar-refractivity contribution >= 4 is 17.3 Å². The summed E-state index contributed by atoms with van der Waals surface area (Å²) in [5.41, 5.74) is 0.870. The van der Waals surface area contributed by atoms with Crippen molar-refractivity contribution < 1.29 is 28.0 Å². The van der Waals surface area contributed by atoms with Crippen LogP contribution in [0.1, 0.15) is 15.9 Å². The second-order valence-corrected chi connectivity index (χ2v) is 4.85. The van der Waals surface area contributed by atoms with Crippen molar-refractivity contribution in [3.8, 4) is 5.75 Å². The third-order valence-electron chi connectivity index (χ3n) is 3.25. The molecule has 0 aliphatic heterocycles. The molecule has 2 aromatic carbocycles. The summed E-state index contributed by atoms with van der Waals surface area (Å²) in [5.74, 6) is -0.684. The lowest BCUT2D eigenvalue weighted by molar-refractivity contribution is -0.384. The fourth-order valence-electron chi connectivity index (χ4n) is 2.06. The maximum absolute atomic E-state index is 12.1. The molecule has 0 saturated heterocycles. The van der Waals surface area contributed by atoms with Crippen LogP contribution in [0.4, 0.5) is 20.2 Å². The van der Waals surface area contributed by atoms with E-state index in [2.05, 4.69) is 14.8 Å². The summed E-state index contributed by atoms with van der Waals surface area (Å²) in [6.07, 6.45) is 0. The molecule has 1 N–H and O–H groups in total. The van der Waals surface area contributed by atoms with Crippen LogP contribution >= 0.6 is 0 Å². The maximum Gasteiger partial charge on any atom is 0.387 e. The molecule has 0 heterocycles. The van der Waals surface area contributed by atoms with Crippen molar-refractivity contribution in [3.63, 3.8) is 0 Å². The fourth-order valence-corrected chi connectivity index (χ4v) is 2.06. The number of nitrogens with zero attached hydrogens (tertiary/aromatic N) is 1. The van der Waals surface area contributed by atoms with E-state index in [1.54, 1.807) is 12.1 Å². The molecule has 132 valence electrons. The summed E-state index contributed by atoms with van der Waals surface area (Å²) < 4.78 is 33.1. The first-order chi connectivity index (χ1) is 11.9. The number of nitro groups is 1. The minimum absolute atomic E-state index is 0.0225. The van der Waals surface area contributed by atoms with Crippen LogP contribution in [-0.2, 0) is 11.3 Å². The minimum atomic E-state index is -2.90. The number of carbonyl (C=O) groups is 1. The van der Waals surface area contributed by atoms with Gasteiger partial charge in [-0.05, 0) is 23.8 Å². The Morgan fingerprint density at radius 1 is 1.24 bits per heavy atom. The van der Waals surface area contributed by atoms with Crippen molar-refractivity contribution in [1.29, 1.82) is 0 Å². The van der Waals surface area contributed by atoms with Crippen LogP contribution in [-0.4, -0.2) is 24.6 Å². The minimum Gasteiger partial charge on any atom is -0.465 e. The van der Waals surface area contributed by atoms with Gasteiger partial charge in [0, 0.05) is 24.4 Å². The Bertz CT molecular complexity index is 766. The van der Waals surface area contributed by atoms with Gasteiger partial charge in [0.05, 0.1) is 17.6 Å². The molecule has 0 aliphatic rings. The Balaban J connectivity index is 2.14. The number of anilines is 1. The first kappa shape index (κ1) is 18.1. The number of alkyl halides is 2. The van der Waals surface area contributed by atoms with Gasteiger partial charge in [0.2, 0.25) is 0 Å². The normalized spacial score (nSPS) is 10.4. The zero-order chi connectivity index (χ0) is 18.4. The molecular formula is C16H14F2N2O5. The van der Waals surface area contributed by atoms with E-state index < -0.39 is 17.5 Å². The third kappa shape index (κ3) is 4.87. The van der Waals surface area contributed by atoms with Gasteiger partial charge in [0.1, 0.15) is 5.75 Å². The number of halogens is 2. The standard InChI is InChI=1S/C16H14F2N2O5/c1-24-15(21)13-8-11(20(22)23)4-7-14(13)19-9-10-2-5-12(6-3-10)25-16(17)18/h2-8,16,19H,9H2,1H3. The van der Waals surface area contributed by atoms with Crippen molar-refractivity contribution in [2.45, 2.75) is 13.2 Å². The van der Waals surface area contributed by atoms with Crippen molar-refractivity contribution in [2.75, 3.05) is 12.4 Å². The van der Waals surface area contributed by atoms with Crippen LogP contribution in [0.2, 0.25) is 0 Å². The average molecular weight is 352 g/mol. The molecule has 0 unspecified atom stereocenters. The topological polar surface area (TPSA) is 90.7 Å². The molecule has 0 atom stereocenters. The van der Waals surface area contributed by atoms with E-state index in [1.165, 1.54) is 31.4 Å². The molecule has 0 bridgehead atoms. The molecule has 9 heteroatoms. The molecule has 0 aliphatic carbocycles. The highest BCUT2D eigenvalue weighted by atomic mass is 19.3. The van der Waals surface area contributed by atoms with Crippen LogP contribution in [0.25, 0.3) is 0 Å². The highest BCUT2D eigenvalue weighted by Crippen LogP contribution is 2.24. The van der Waals surface area contributed by atoms with Crippen LogP contribution in [0.3, 0.4) is 0 Å². The van der Waals surface area contributed by atoms with Crippen LogP contribution in [0, 0.1) is 10.1 Å². The van der Waals surface area contributed by atoms with E-state index in [1.807, 2.05) is 0 Å². The van der Waals surface area contributed by atoms with Gasteiger partial charge in [0.15, 0.2) is 0 Å². The Morgan fingerprint density at radius 3 is 2.48 bits per heavy atom. The predicted octanol–water partition coefficient (Wildman–Crippen LogP) is 3.59. The summed E-state index contributed by atoms with van der Waals surface area (Å²) >= 11 is 0. The number of methoxy groups -OCH3 is 1. The Morgan fingerprint density at radius 2 is 1.92 bits per heavy atom. The van der Waals surface area contributed by atoms with E-state index in [0.717, 1.165) is 11.6 Å². The zero-order valence-electron chi connectivity index (χ0n) is 13.1. The third-order valence-corrected chi connectivity index (χ3v) is 3.25. The molecule has 0 aromatic heterocycles. The number of esters is 1. The van der Waals surface area contributed by atoms with E-state index in [-0.39, 0.29) is 23.5 Å². The van der Waals surface area contributed by atoms with Gasteiger partial charge in [-0.25, -0.2) is 4.79 Å². The maximum atomic E-state index is 12.1. The van der Waals surface area contributed by atoms with Gasteiger partial charge >= 0.3 is 12.6 Å². The lowest BCUT2D eigenvalue weighted by Crippen LogP contribution is -2.09. The monoisotopic (exact) mass is 352 g/mol. The number of carbonyl (C=O) groups excluding carboxylic acids is 1. The van der Waals surface area contributed by atoms with Gasteiger partial charge in [-0.3, -0.25) is 10.1 Å². The van der Waals surface area contributed by atoms with Crippen molar-refractivity contribution in [3.05, 3.63) is 63.7 Å². The molecule has 0 radical (unpaired) electrons. The molecule has 2 aromatic rings. The van der Waals surface area contributed by atoms with Gasteiger partial charge in [-0.15, -0.1) is 0 Å². The number of non-ortho nitro benzene ring substituents is 1. The first-order valence-electron chi connectivity index (χ1n) is 7.05. The molecule has 0 fully saturated rings. The second kappa shape index (κ2) is 8.04. The average Bonchev–Trinajstić information content (AvgIpc) is 2.59.